The normalized spacial score (nSPS) is 15.1. The molecule has 1 fully saturated rings. The second-order valence-electron chi connectivity index (χ2n) is 6.33. The van der Waals surface area contributed by atoms with Gasteiger partial charge in [0, 0.05) is 13.2 Å². The maximum absolute atomic E-state index is 11.7. The molecule has 1 aliphatic rings. The summed E-state index contributed by atoms with van der Waals surface area (Å²) in [4.78, 5) is 12.3. The first-order valence-corrected chi connectivity index (χ1v) is 10.5. The lowest BCUT2D eigenvalue weighted by Crippen LogP contribution is -2.17. The maximum Gasteiger partial charge on any atom is 0.263 e. The first kappa shape index (κ1) is 20.6. The number of aryl methyl sites for hydroxylation is 1. The molecule has 4 nitrogen and oxygen atoms in total. The highest BCUT2D eigenvalue weighted by Crippen LogP contribution is 2.26. The Bertz CT molecular complexity index is 845. The van der Waals surface area contributed by atoms with E-state index in [0.717, 1.165) is 42.9 Å². The van der Waals surface area contributed by atoms with Crippen LogP contribution in [0.4, 0.5) is 0 Å². The summed E-state index contributed by atoms with van der Waals surface area (Å²) in [6, 6.07) is 16.2. The molecule has 146 valence electrons. The third-order valence-corrected chi connectivity index (χ3v) is 5.37. The van der Waals surface area contributed by atoms with Gasteiger partial charge in [0.2, 0.25) is 0 Å². The zero-order valence-corrected chi connectivity index (χ0v) is 17.4. The molecular formula is C22H23NO3S2. The van der Waals surface area contributed by atoms with Crippen molar-refractivity contribution in [1.82, 2.24) is 5.32 Å². The van der Waals surface area contributed by atoms with Gasteiger partial charge in [-0.1, -0.05) is 60.4 Å². The van der Waals surface area contributed by atoms with Crippen LogP contribution in [0.5, 0.6) is 5.75 Å². The van der Waals surface area contributed by atoms with Crippen LogP contribution >= 0.6 is 24.0 Å². The molecule has 28 heavy (non-hydrogen) atoms. The number of hydrogen-bond donors (Lipinski definition) is 1. The van der Waals surface area contributed by atoms with Gasteiger partial charge in [-0.25, -0.2) is 0 Å². The fraction of sp³-hybridized carbons (Fsp3) is 0.273. The first-order valence-electron chi connectivity index (χ1n) is 9.27. The molecule has 0 bridgehead atoms. The Morgan fingerprint density at radius 1 is 1.07 bits per heavy atom. The van der Waals surface area contributed by atoms with E-state index < -0.39 is 0 Å². The number of benzene rings is 2. The number of carbonyl (C=O) groups is 1. The summed E-state index contributed by atoms with van der Waals surface area (Å²) in [6.45, 7) is 4.12. The number of thioether (sulfide) groups is 1. The first-order chi connectivity index (χ1) is 13.6. The van der Waals surface area contributed by atoms with Gasteiger partial charge in [0.25, 0.3) is 5.91 Å². The Labute approximate surface area is 175 Å². The van der Waals surface area contributed by atoms with Crippen LogP contribution in [0.15, 0.2) is 53.4 Å². The third-order valence-electron chi connectivity index (χ3n) is 4.21. The SMILES string of the molecule is CCOCCCc1ccc(COc2ccc(C=C3SC(=S)NC3=O)cc2)cc1. The van der Waals surface area contributed by atoms with Crippen LogP contribution in [0.3, 0.4) is 0 Å². The molecule has 2 aromatic rings. The zero-order valence-electron chi connectivity index (χ0n) is 15.8. The number of carbonyl (C=O) groups excluding carboxylic acids is 1. The zero-order chi connectivity index (χ0) is 19.8. The Hall–Kier alpha value is -2.15. The Kier molecular flexibility index (Phi) is 7.65. The molecule has 0 aromatic heterocycles. The van der Waals surface area contributed by atoms with E-state index in [1.165, 1.54) is 17.3 Å². The van der Waals surface area contributed by atoms with Crippen molar-refractivity contribution in [2.75, 3.05) is 13.2 Å². The van der Waals surface area contributed by atoms with Crippen molar-refractivity contribution in [2.24, 2.45) is 0 Å². The molecule has 1 heterocycles. The van der Waals surface area contributed by atoms with Crippen molar-refractivity contribution in [3.63, 3.8) is 0 Å². The Morgan fingerprint density at radius 3 is 2.43 bits per heavy atom. The summed E-state index contributed by atoms with van der Waals surface area (Å²) < 4.78 is 11.7. The lowest BCUT2D eigenvalue weighted by molar-refractivity contribution is -0.115. The molecule has 3 rings (SSSR count). The van der Waals surface area contributed by atoms with Gasteiger partial charge < -0.3 is 14.8 Å². The minimum Gasteiger partial charge on any atom is -0.489 e. The van der Waals surface area contributed by atoms with Crippen molar-refractivity contribution in [2.45, 2.75) is 26.4 Å². The minimum atomic E-state index is -0.142. The van der Waals surface area contributed by atoms with Crippen LogP contribution in [0.1, 0.15) is 30.0 Å². The molecule has 0 radical (unpaired) electrons. The molecule has 1 aliphatic heterocycles. The Balaban J connectivity index is 1.49. The van der Waals surface area contributed by atoms with Gasteiger partial charge in [-0.2, -0.15) is 0 Å². The number of amides is 1. The molecule has 0 saturated carbocycles. The van der Waals surface area contributed by atoms with Crippen LogP contribution in [-0.4, -0.2) is 23.4 Å². The van der Waals surface area contributed by atoms with Crippen molar-refractivity contribution in [3.05, 3.63) is 70.1 Å². The minimum absolute atomic E-state index is 0.142. The van der Waals surface area contributed by atoms with Crippen molar-refractivity contribution >= 4 is 40.3 Å². The predicted molar refractivity (Wildman–Crippen MR) is 118 cm³/mol. The fourth-order valence-electron chi connectivity index (χ4n) is 2.72. The van der Waals surface area contributed by atoms with E-state index in [1.807, 2.05) is 37.3 Å². The molecule has 0 unspecified atom stereocenters. The van der Waals surface area contributed by atoms with Crippen molar-refractivity contribution in [3.8, 4) is 5.75 Å². The average molecular weight is 414 g/mol. The van der Waals surface area contributed by atoms with E-state index in [9.17, 15) is 4.79 Å². The van der Waals surface area contributed by atoms with Crippen molar-refractivity contribution < 1.29 is 14.3 Å². The summed E-state index contributed by atoms with van der Waals surface area (Å²) in [6.07, 6.45) is 3.89. The van der Waals surface area contributed by atoms with Gasteiger partial charge in [0.1, 0.15) is 16.7 Å². The molecule has 2 aromatic carbocycles. The van der Waals surface area contributed by atoms with E-state index in [1.54, 1.807) is 0 Å². The number of rotatable bonds is 9. The van der Waals surface area contributed by atoms with E-state index in [0.29, 0.717) is 15.8 Å². The number of thiocarbonyl (C=S) groups is 1. The monoisotopic (exact) mass is 413 g/mol. The summed E-state index contributed by atoms with van der Waals surface area (Å²) in [7, 11) is 0. The molecule has 1 amide bonds. The van der Waals surface area contributed by atoms with E-state index in [4.69, 9.17) is 21.7 Å². The second kappa shape index (κ2) is 10.4. The number of nitrogens with one attached hydrogen (secondary N) is 1. The standard InChI is InChI=1S/C22H23NO3S2/c1-2-25-13-3-4-16-5-7-18(8-6-16)15-26-19-11-9-17(10-12-19)14-20-21(24)23-22(27)28-20/h5-12,14H,2-4,13,15H2,1H3,(H,23,24,27). The number of hydrogen-bond acceptors (Lipinski definition) is 5. The molecule has 1 N–H and O–H groups in total. The summed E-state index contributed by atoms with van der Waals surface area (Å²) in [5, 5.41) is 2.61. The van der Waals surface area contributed by atoms with Gasteiger partial charge in [-0.3, -0.25) is 4.79 Å². The molecule has 0 spiro atoms. The summed E-state index contributed by atoms with van der Waals surface area (Å²) >= 11 is 6.28. The largest absolute Gasteiger partial charge is 0.489 e. The molecule has 1 saturated heterocycles. The highest BCUT2D eigenvalue weighted by Gasteiger charge is 2.21. The van der Waals surface area contributed by atoms with E-state index in [2.05, 4.69) is 29.6 Å². The molecule has 0 aliphatic carbocycles. The highest BCUT2D eigenvalue weighted by molar-refractivity contribution is 8.26. The molecular weight excluding hydrogens is 390 g/mol. The fourth-order valence-corrected chi connectivity index (χ4v) is 3.77. The topological polar surface area (TPSA) is 47.6 Å². The van der Waals surface area contributed by atoms with Crippen LogP contribution in [-0.2, 0) is 22.6 Å². The van der Waals surface area contributed by atoms with Gasteiger partial charge in [-0.15, -0.1) is 0 Å². The highest BCUT2D eigenvalue weighted by atomic mass is 32.2. The number of ether oxygens (including phenoxy) is 2. The quantitative estimate of drug-likeness (QED) is 0.366. The van der Waals surface area contributed by atoms with Crippen LogP contribution in [0, 0.1) is 0 Å². The van der Waals surface area contributed by atoms with Crippen LogP contribution in [0.25, 0.3) is 6.08 Å². The van der Waals surface area contributed by atoms with E-state index >= 15 is 0 Å². The summed E-state index contributed by atoms with van der Waals surface area (Å²) in [5.41, 5.74) is 3.38. The molecule has 6 heteroatoms. The van der Waals surface area contributed by atoms with E-state index in [-0.39, 0.29) is 5.91 Å². The third kappa shape index (κ3) is 6.19. The lowest BCUT2D eigenvalue weighted by atomic mass is 10.1. The average Bonchev–Trinajstić information content (AvgIpc) is 3.02. The lowest BCUT2D eigenvalue weighted by Gasteiger charge is -2.08. The second-order valence-corrected chi connectivity index (χ2v) is 8.05. The maximum atomic E-state index is 11.7. The summed E-state index contributed by atoms with van der Waals surface area (Å²) in [5.74, 6) is 0.652. The Morgan fingerprint density at radius 2 is 1.79 bits per heavy atom. The van der Waals surface area contributed by atoms with Crippen LogP contribution < -0.4 is 10.1 Å². The van der Waals surface area contributed by atoms with Gasteiger partial charge in [0.15, 0.2) is 0 Å². The predicted octanol–water partition coefficient (Wildman–Crippen LogP) is 4.72. The van der Waals surface area contributed by atoms with Crippen LogP contribution in [0.2, 0.25) is 0 Å². The van der Waals surface area contributed by atoms with Gasteiger partial charge in [0.05, 0.1) is 4.91 Å². The smallest absolute Gasteiger partial charge is 0.263 e. The van der Waals surface area contributed by atoms with Gasteiger partial charge in [-0.05, 0) is 54.7 Å². The van der Waals surface area contributed by atoms with Gasteiger partial charge >= 0.3 is 0 Å². The molecule has 0 atom stereocenters. The van der Waals surface area contributed by atoms with Crippen molar-refractivity contribution in [1.29, 1.82) is 0 Å².